The first-order valence-electron chi connectivity index (χ1n) is 4.43. The minimum absolute atomic E-state index is 0.426. The molecule has 6 heteroatoms. The predicted octanol–water partition coefficient (Wildman–Crippen LogP) is 1.45. The maximum absolute atomic E-state index is 11.3. The van der Waals surface area contributed by atoms with Crippen LogP contribution in [0.5, 0.6) is 5.75 Å². The van der Waals surface area contributed by atoms with Crippen molar-refractivity contribution in [2.75, 3.05) is 6.61 Å². The number of hydrogen-bond donors (Lipinski definition) is 1. The normalized spacial score (nSPS) is 19.9. The van der Waals surface area contributed by atoms with Gasteiger partial charge in [-0.05, 0) is 13.0 Å². The summed E-state index contributed by atoms with van der Waals surface area (Å²) in [6.07, 6.45) is -1.52. The van der Waals surface area contributed by atoms with Crippen molar-refractivity contribution < 1.29 is 19.1 Å². The van der Waals surface area contributed by atoms with Crippen LogP contribution < -0.4 is 10.1 Å². The van der Waals surface area contributed by atoms with Crippen molar-refractivity contribution in [2.45, 2.75) is 13.0 Å². The summed E-state index contributed by atoms with van der Waals surface area (Å²) in [7, 11) is 0. The number of nitrogens with one attached hydrogen (secondary N) is 1. The van der Waals surface area contributed by atoms with Crippen molar-refractivity contribution >= 4 is 23.3 Å². The molecule has 5 nitrogen and oxygen atoms in total. The molecular weight excluding hydrogens is 218 g/mol. The molecule has 1 aliphatic rings. The third-order valence-electron chi connectivity index (χ3n) is 1.85. The highest BCUT2D eigenvalue weighted by Crippen LogP contribution is 2.31. The summed E-state index contributed by atoms with van der Waals surface area (Å²) in [5.74, 6) is 0.262. The van der Waals surface area contributed by atoms with E-state index in [1.54, 1.807) is 11.4 Å². The van der Waals surface area contributed by atoms with Gasteiger partial charge in [-0.15, -0.1) is 11.3 Å². The third kappa shape index (κ3) is 1.94. The van der Waals surface area contributed by atoms with Crippen LogP contribution in [-0.2, 0) is 9.53 Å². The Labute approximate surface area is 90.0 Å². The fourth-order valence-electron chi connectivity index (χ4n) is 1.26. The Bertz CT molecular complexity index is 401. The SMILES string of the molecule is CCOc1csc(C2OC(=O)NC2=O)c1. The van der Waals surface area contributed by atoms with Gasteiger partial charge in [0.1, 0.15) is 5.75 Å². The van der Waals surface area contributed by atoms with Gasteiger partial charge in [0.15, 0.2) is 0 Å². The van der Waals surface area contributed by atoms with Gasteiger partial charge in [-0.3, -0.25) is 10.1 Å². The summed E-state index contributed by atoms with van der Waals surface area (Å²) in [4.78, 5) is 22.7. The number of cyclic esters (lactones) is 1. The summed E-state index contributed by atoms with van der Waals surface area (Å²) >= 11 is 1.33. The third-order valence-corrected chi connectivity index (χ3v) is 2.81. The maximum Gasteiger partial charge on any atom is 0.415 e. The van der Waals surface area contributed by atoms with Crippen molar-refractivity contribution in [1.29, 1.82) is 0 Å². The monoisotopic (exact) mass is 227 g/mol. The molecule has 2 heterocycles. The van der Waals surface area contributed by atoms with E-state index in [0.717, 1.165) is 0 Å². The van der Waals surface area contributed by atoms with Gasteiger partial charge in [0, 0.05) is 5.38 Å². The Morgan fingerprint density at radius 1 is 1.60 bits per heavy atom. The van der Waals surface area contributed by atoms with Gasteiger partial charge in [-0.2, -0.15) is 0 Å². The van der Waals surface area contributed by atoms with Crippen LogP contribution in [0.4, 0.5) is 4.79 Å². The Kier molecular flexibility index (Phi) is 2.59. The number of hydrogen-bond acceptors (Lipinski definition) is 5. The fraction of sp³-hybridized carbons (Fsp3) is 0.333. The number of thiophene rings is 1. The smallest absolute Gasteiger partial charge is 0.415 e. The van der Waals surface area contributed by atoms with Crippen molar-refractivity contribution in [2.24, 2.45) is 0 Å². The second kappa shape index (κ2) is 3.90. The van der Waals surface area contributed by atoms with E-state index in [0.29, 0.717) is 17.2 Å². The average molecular weight is 227 g/mol. The summed E-state index contributed by atoms with van der Waals surface area (Å²) in [6.45, 7) is 2.44. The Morgan fingerprint density at radius 3 is 3.00 bits per heavy atom. The van der Waals surface area contributed by atoms with Crippen LogP contribution in [0.1, 0.15) is 17.9 Å². The Balaban J connectivity index is 2.15. The lowest BCUT2D eigenvalue weighted by Crippen LogP contribution is -2.20. The van der Waals surface area contributed by atoms with Crippen LogP contribution in [0.15, 0.2) is 11.4 Å². The van der Waals surface area contributed by atoms with Gasteiger partial charge in [0.05, 0.1) is 11.5 Å². The minimum Gasteiger partial charge on any atom is -0.493 e. The highest BCUT2D eigenvalue weighted by Gasteiger charge is 2.34. The second-order valence-electron chi connectivity index (χ2n) is 2.89. The quantitative estimate of drug-likeness (QED) is 0.848. The van der Waals surface area contributed by atoms with Gasteiger partial charge in [0.2, 0.25) is 6.10 Å². The lowest BCUT2D eigenvalue weighted by molar-refractivity contribution is -0.123. The molecule has 1 aromatic heterocycles. The molecular formula is C9H9NO4S. The molecule has 2 rings (SSSR count). The van der Waals surface area contributed by atoms with E-state index in [-0.39, 0.29) is 0 Å². The molecule has 0 radical (unpaired) electrons. The van der Waals surface area contributed by atoms with Crippen molar-refractivity contribution in [1.82, 2.24) is 5.32 Å². The van der Waals surface area contributed by atoms with E-state index < -0.39 is 18.1 Å². The number of imide groups is 1. The summed E-state index contributed by atoms with van der Waals surface area (Å²) in [5, 5.41) is 3.85. The van der Waals surface area contributed by atoms with Gasteiger partial charge in [-0.1, -0.05) is 0 Å². The van der Waals surface area contributed by atoms with Crippen LogP contribution in [0, 0.1) is 0 Å². The molecule has 0 aromatic carbocycles. The van der Waals surface area contributed by atoms with Crippen LogP contribution in [0.2, 0.25) is 0 Å². The standard InChI is InChI=1S/C9H9NO4S/c1-2-13-5-3-6(15-4-5)7-8(11)10-9(12)14-7/h3-4,7H,2H2,1H3,(H,10,11,12). The molecule has 2 amide bonds. The molecule has 1 unspecified atom stereocenters. The number of rotatable bonds is 3. The van der Waals surface area contributed by atoms with Gasteiger partial charge >= 0.3 is 6.09 Å². The first-order valence-corrected chi connectivity index (χ1v) is 5.31. The van der Waals surface area contributed by atoms with Crippen LogP contribution in [-0.4, -0.2) is 18.6 Å². The molecule has 15 heavy (non-hydrogen) atoms. The Hall–Kier alpha value is -1.56. The van der Waals surface area contributed by atoms with Crippen molar-refractivity contribution in [3.05, 3.63) is 16.3 Å². The molecule has 0 saturated carbocycles. The van der Waals surface area contributed by atoms with Gasteiger partial charge in [-0.25, -0.2) is 4.79 Å². The van der Waals surface area contributed by atoms with Crippen LogP contribution in [0.3, 0.4) is 0 Å². The predicted molar refractivity (Wildman–Crippen MR) is 52.9 cm³/mol. The van der Waals surface area contributed by atoms with E-state index in [9.17, 15) is 9.59 Å². The van der Waals surface area contributed by atoms with E-state index >= 15 is 0 Å². The van der Waals surface area contributed by atoms with Gasteiger partial charge < -0.3 is 9.47 Å². The molecule has 1 saturated heterocycles. The number of carbonyl (C=O) groups is 2. The van der Waals surface area contributed by atoms with Crippen molar-refractivity contribution in [3.8, 4) is 5.75 Å². The van der Waals surface area contributed by atoms with E-state index in [4.69, 9.17) is 9.47 Å². The highest BCUT2D eigenvalue weighted by molar-refractivity contribution is 7.10. The molecule has 1 aromatic rings. The number of carbonyl (C=O) groups excluding carboxylic acids is 2. The molecule has 1 fully saturated rings. The molecule has 1 N–H and O–H groups in total. The molecule has 0 aliphatic carbocycles. The lowest BCUT2D eigenvalue weighted by Gasteiger charge is -2.01. The minimum atomic E-state index is -0.822. The molecule has 1 atom stereocenters. The number of amides is 2. The molecule has 0 spiro atoms. The lowest BCUT2D eigenvalue weighted by atomic mass is 10.3. The maximum atomic E-state index is 11.3. The van der Waals surface area contributed by atoms with Gasteiger partial charge in [0.25, 0.3) is 5.91 Å². The van der Waals surface area contributed by atoms with Crippen LogP contribution in [0.25, 0.3) is 0 Å². The first kappa shape index (κ1) is 9.97. The topological polar surface area (TPSA) is 64.6 Å². The fourth-order valence-corrected chi connectivity index (χ4v) is 2.11. The second-order valence-corrected chi connectivity index (χ2v) is 3.84. The molecule has 80 valence electrons. The van der Waals surface area contributed by atoms with E-state index in [1.165, 1.54) is 11.3 Å². The van der Waals surface area contributed by atoms with Crippen molar-refractivity contribution in [3.63, 3.8) is 0 Å². The van der Waals surface area contributed by atoms with E-state index in [2.05, 4.69) is 5.32 Å². The van der Waals surface area contributed by atoms with E-state index in [1.807, 2.05) is 6.92 Å². The Morgan fingerprint density at radius 2 is 2.40 bits per heavy atom. The number of alkyl carbamates (subject to hydrolysis) is 1. The highest BCUT2D eigenvalue weighted by atomic mass is 32.1. The van der Waals surface area contributed by atoms with Crippen LogP contribution >= 0.6 is 11.3 Å². The molecule has 1 aliphatic heterocycles. The summed E-state index contributed by atoms with van der Waals surface area (Å²) < 4.78 is 10.1. The summed E-state index contributed by atoms with van der Waals surface area (Å²) in [6, 6.07) is 1.71. The average Bonchev–Trinajstić information content (AvgIpc) is 2.73. The first-order chi connectivity index (χ1) is 7.20. The molecule has 0 bridgehead atoms. The zero-order valence-corrected chi connectivity index (χ0v) is 8.80. The zero-order chi connectivity index (χ0) is 10.8. The zero-order valence-electron chi connectivity index (χ0n) is 7.98. The largest absolute Gasteiger partial charge is 0.493 e. The summed E-state index contributed by atoms with van der Waals surface area (Å²) in [5.41, 5.74) is 0. The number of ether oxygens (including phenoxy) is 2.